The molecule has 1 aliphatic rings. The first-order valence-electron chi connectivity index (χ1n) is 8.57. The van der Waals surface area contributed by atoms with Gasteiger partial charge in [-0.25, -0.2) is 9.83 Å². The van der Waals surface area contributed by atoms with Gasteiger partial charge < -0.3 is 14.4 Å². The molecule has 3 aromatic rings. The maximum atomic E-state index is 11.1. The van der Waals surface area contributed by atoms with Crippen LogP contribution in [-0.2, 0) is 0 Å². The zero-order valence-electron chi connectivity index (χ0n) is 14.9. The molecule has 0 amide bonds. The van der Waals surface area contributed by atoms with Gasteiger partial charge in [0.25, 0.3) is 0 Å². The largest absolute Gasteiger partial charge is 0.485 e. The molecule has 0 fully saturated rings. The molecule has 1 aromatic heterocycles. The molecule has 2 aromatic carbocycles. The van der Waals surface area contributed by atoms with Crippen molar-refractivity contribution in [3.63, 3.8) is 0 Å². The average molecular weight is 380 g/mol. The number of aliphatic hydroxyl groups is 1. The highest BCUT2D eigenvalue weighted by atomic mass is 35.5. The molecule has 0 spiro atoms. The maximum absolute atomic E-state index is 11.1. The number of imidazole rings is 1. The van der Waals surface area contributed by atoms with Gasteiger partial charge in [-0.1, -0.05) is 29.8 Å². The molecule has 2 atom stereocenters. The van der Waals surface area contributed by atoms with E-state index in [4.69, 9.17) is 22.9 Å². The summed E-state index contributed by atoms with van der Waals surface area (Å²) < 4.78 is 7.95. The Morgan fingerprint density at radius 2 is 1.96 bits per heavy atom. The molecule has 1 aliphatic heterocycles. The smallest absolute Gasteiger partial charge is 0.187 e. The molecular weight excluding hydrogens is 362 g/mol. The van der Waals surface area contributed by atoms with Crippen LogP contribution in [0.5, 0.6) is 5.75 Å². The summed E-state index contributed by atoms with van der Waals surface area (Å²) >= 11 is 6.02. The molecule has 4 rings (SSSR count). The summed E-state index contributed by atoms with van der Waals surface area (Å²) in [5.74, 6) is 0.665. The van der Waals surface area contributed by atoms with Crippen LogP contribution in [0.2, 0.25) is 5.02 Å². The fourth-order valence-corrected chi connectivity index (χ4v) is 3.62. The maximum Gasteiger partial charge on any atom is 0.187 e. The number of benzene rings is 2. The standard InChI is InChI=1S/C21H18ClN3O2/c1-21(2)20(26)19(16-10-15(23-3)8-9-18(16)27-21)25-12-24-11-17(25)13-4-6-14(22)7-5-13/h4-12,19-20,26H,1-2H3/t19-,20+/m1/s1. The van der Waals surface area contributed by atoms with Crippen molar-refractivity contribution in [1.29, 1.82) is 0 Å². The summed E-state index contributed by atoms with van der Waals surface area (Å²) in [6.45, 7) is 11.0. The van der Waals surface area contributed by atoms with E-state index in [1.54, 1.807) is 30.7 Å². The van der Waals surface area contributed by atoms with E-state index in [2.05, 4.69) is 9.83 Å². The first-order valence-corrected chi connectivity index (χ1v) is 8.95. The molecule has 136 valence electrons. The van der Waals surface area contributed by atoms with Gasteiger partial charge in [-0.15, -0.1) is 0 Å². The third-order valence-corrected chi connectivity index (χ3v) is 5.18. The molecule has 1 N–H and O–H groups in total. The number of hydrogen-bond donors (Lipinski definition) is 1. The topological polar surface area (TPSA) is 51.6 Å². The monoisotopic (exact) mass is 379 g/mol. The quantitative estimate of drug-likeness (QED) is 0.646. The average Bonchev–Trinajstić information content (AvgIpc) is 3.12. The highest BCUT2D eigenvalue weighted by Crippen LogP contribution is 2.44. The predicted molar refractivity (Wildman–Crippen MR) is 104 cm³/mol. The summed E-state index contributed by atoms with van der Waals surface area (Å²) in [6, 6.07) is 12.3. The van der Waals surface area contributed by atoms with Gasteiger partial charge in [-0.05, 0) is 43.7 Å². The highest BCUT2D eigenvalue weighted by Gasteiger charge is 2.44. The van der Waals surface area contributed by atoms with E-state index in [1.165, 1.54) is 0 Å². The van der Waals surface area contributed by atoms with Crippen LogP contribution in [0.1, 0.15) is 25.5 Å². The summed E-state index contributed by atoms with van der Waals surface area (Å²) in [5, 5.41) is 11.8. The Morgan fingerprint density at radius 1 is 1.22 bits per heavy atom. The lowest BCUT2D eigenvalue weighted by Gasteiger charge is -2.43. The first-order chi connectivity index (χ1) is 12.9. The summed E-state index contributed by atoms with van der Waals surface area (Å²) in [4.78, 5) is 7.83. The molecule has 27 heavy (non-hydrogen) atoms. The molecule has 5 nitrogen and oxygen atoms in total. The first kappa shape index (κ1) is 17.6. The second-order valence-corrected chi connectivity index (χ2v) is 7.56. The Morgan fingerprint density at radius 3 is 2.67 bits per heavy atom. The molecular formula is C21H18ClN3O2. The molecule has 2 heterocycles. The van der Waals surface area contributed by atoms with Crippen molar-refractivity contribution in [1.82, 2.24) is 9.55 Å². The predicted octanol–water partition coefficient (Wildman–Crippen LogP) is 4.88. The molecule has 0 radical (unpaired) electrons. The summed E-state index contributed by atoms with van der Waals surface area (Å²) in [7, 11) is 0. The number of fused-ring (bicyclic) bond motifs is 1. The van der Waals surface area contributed by atoms with Crippen molar-refractivity contribution < 1.29 is 9.84 Å². The Kier molecular flexibility index (Phi) is 4.18. The highest BCUT2D eigenvalue weighted by molar-refractivity contribution is 6.30. The number of ether oxygens (including phenoxy) is 1. The zero-order valence-corrected chi connectivity index (χ0v) is 15.7. The van der Waals surface area contributed by atoms with Crippen LogP contribution < -0.4 is 4.74 Å². The van der Waals surface area contributed by atoms with E-state index in [1.807, 2.05) is 42.7 Å². The third-order valence-electron chi connectivity index (χ3n) is 4.93. The Labute approximate surface area is 162 Å². The van der Waals surface area contributed by atoms with Crippen LogP contribution in [0.25, 0.3) is 16.1 Å². The van der Waals surface area contributed by atoms with E-state index < -0.39 is 17.7 Å². The molecule has 6 heteroatoms. The van der Waals surface area contributed by atoms with E-state index >= 15 is 0 Å². The minimum atomic E-state index is -0.828. The van der Waals surface area contributed by atoms with Gasteiger partial charge in [0.1, 0.15) is 17.5 Å². The van der Waals surface area contributed by atoms with Gasteiger partial charge in [0.15, 0.2) is 5.69 Å². The Balaban J connectivity index is 1.90. The van der Waals surface area contributed by atoms with E-state index in [0.29, 0.717) is 16.5 Å². The van der Waals surface area contributed by atoms with Gasteiger partial charge in [0.2, 0.25) is 0 Å². The minimum Gasteiger partial charge on any atom is -0.485 e. The van der Waals surface area contributed by atoms with Gasteiger partial charge in [-0.2, -0.15) is 0 Å². The molecule has 0 bridgehead atoms. The van der Waals surface area contributed by atoms with Gasteiger partial charge in [0, 0.05) is 10.6 Å². The lowest BCUT2D eigenvalue weighted by Crippen LogP contribution is -2.50. The van der Waals surface area contributed by atoms with Crippen molar-refractivity contribution in [3.05, 3.63) is 77.0 Å². The summed E-state index contributed by atoms with van der Waals surface area (Å²) in [6.07, 6.45) is 2.64. The lowest BCUT2D eigenvalue weighted by atomic mass is 9.86. The van der Waals surface area contributed by atoms with E-state index in [9.17, 15) is 5.11 Å². The molecule has 0 saturated heterocycles. The van der Waals surface area contributed by atoms with Gasteiger partial charge in [-0.3, -0.25) is 0 Å². The van der Waals surface area contributed by atoms with Crippen molar-refractivity contribution in [2.75, 3.05) is 0 Å². The Bertz CT molecular complexity index is 1030. The van der Waals surface area contributed by atoms with Crippen LogP contribution in [-0.4, -0.2) is 26.4 Å². The van der Waals surface area contributed by atoms with Crippen molar-refractivity contribution in [2.24, 2.45) is 0 Å². The molecule has 0 saturated carbocycles. The van der Waals surface area contributed by atoms with Crippen molar-refractivity contribution >= 4 is 17.3 Å². The SMILES string of the molecule is [C-]#[N+]c1ccc2c(c1)[C@@H](n1cncc1-c1ccc(Cl)cc1)[C@H](O)C(C)(C)O2. The normalized spacial score (nSPS) is 20.4. The van der Waals surface area contributed by atoms with Crippen LogP contribution >= 0.6 is 11.6 Å². The number of rotatable bonds is 2. The molecule has 0 unspecified atom stereocenters. The molecule has 0 aliphatic carbocycles. The number of nitrogens with zero attached hydrogens (tertiary/aromatic N) is 3. The van der Waals surface area contributed by atoms with Crippen LogP contribution in [0.3, 0.4) is 0 Å². The second-order valence-electron chi connectivity index (χ2n) is 7.12. The number of halogens is 1. The lowest BCUT2D eigenvalue weighted by molar-refractivity contribution is -0.0633. The fourth-order valence-electron chi connectivity index (χ4n) is 3.50. The van der Waals surface area contributed by atoms with E-state index in [-0.39, 0.29) is 0 Å². The van der Waals surface area contributed by atoms with Gasteiger partial charge in [0.05, 0.1) is 30.8 Å². The third kappa shape index (κ3) is 2.97. The zero-order chi connectivity index (χ0) is 19.2. The number of aliphatic hydroxyl groups excluding tert-OH is 1. The van der Waals surface area contributed by atoms with Crippen LogP contribution in [0.4, 0.5) is 5.69 Å². The van der Waals surface area contributed by atoms with Crippen LogP contribution in [0, 0.1) is 6.57 Å². The van der Waals surface area contributed by atoms with Crippen molar-refractivity contribution in [2.45, 2.75) is 31.6 Å². The minimum absolute atomic E-state index is 0.432. The van der Waals surface area contributed by atoms with Crippen LogP contribution in [0.15, 0.2) is 55.0 Å². The van der Waals surface area contributed by atoms with E-state index in [0.717, 1.165) is 16.8 Å². The fraction of sp³-hybridized carbons (Fsp3) is 0.238. The summed E-state index contributed by atoms with van der Waals surface area (Å²) in [5.41, 5.74) is 2.27. The number of hydrogen-bond acceptors (Lipinski definition) is 3. The van der Waals surface area contributed by atoms with Crippen molar-refractivity contribution in [3.8, 4) is 17.0 Å². The second kappa shape index (κ2) is 6.41. The number of aromatic nitrogens is 2. The van der Waals surface area contributed by atoms with Gasteiger partial charge >= 0.3 is 0 Å². The Hall–Kier alpha value is -2.81.